The van der Waals surface area contributed by atoms with Crippen molar-refractivity contribution in [1.29, 1.82) is 0 Å². The van der Waals surface area contributed by atoms with E-state index in [1.165, 1.54) is 12.1 Å². The summed E-state index contributed by atoms with van der Waals surface area (Å²) in [6.07, 6.45) is 0. The quantitative estimate of drug-likeness (QED) is 0.493. The summed E-state index contributed by atoms with van der Waals surface area (Å²) in [5.74, 6) is -0.797. The Labute approximate surface area is 165 Å². The van der Waals surface area contributed by atoms with E-state index in [1.54, 1.807) is 23.5 Å². The Morgan fingerprint density at radius 2 is 1.86 bits per heavy atom. The maximum Gasteiger partial charge on any atom is 0.262 e. The zero-order chi connectivity index (χ0) is 19.5. The number of hydrogen-bond donors (Lipinski definition) is 1. The Bertz CT molecular complexity index is 1120. The van der Waals surface area contributed by atoms with Crippen LogP contribution in [-0.4, -0.2) is 17.5 Å². The monoisotopic (exact) mass is 392 g/mol. The second-order valence-corrected chi connectivity index (χ2v) is 7.26. The summed E-state index contributed by atoms with van der Waals surface area (Å²) in [7, 11) is 0. The smallest absolute Gasteiger partial charge is 0.262 e. The number of carbonyl (C=O) groups excluding carboxylic acids is 1. The van der Waals surface area contributed by atoms with Crippen molar-refractivity contribution in [3.8, 4) is 16.3 Å². The first-order valence-corrected chi connectivity index (χ1v) is 9.56. The maximum atomic E-state index is 13.6. The average molecular weight is 392 g/mol. The van der Waals surface area contributed by atoms with Crippen molar-refractivity contribution >= 4 is 33.1 Å². The van der Waals surface area contributed by atoms with Crippen molar-refractivity contribution in [2.45, 2.75) is 6.92 Å². The van der Waals surface area contributed by atoms with Crippen LogP contribution in [0.2, 0.25) is 0 Å². The molecule has 0 aliphatic carbocycles. The van der Waals surface area contributed by atoms with Crippen LogP contribution in [0.3, 0.4) is 0 Å². The Kier molecular flexibility index (Phi) is 5.04. The first-order chi connectivity index (χ1) is 13.6. The van der Waals surface area contributed by atoms with Gasteiger partial charge in [0.05, 0.1) is 10.2 Å². The molecule has 1 aromatic heterocycles. The topological polar surface area (TPSA) is 51.2 Å². The predicted molar refractivity (Wildman–Crippen MR) is 110 cm³/mol. The fourth-order valence-electron chi connectivity index (χ4n) is 2.88. The number of hydrogen-bond acceptors (Lipinski definition) is 4. The summed E-state index contributed by atoms with van der Waals surface area (Å²) < 4.78 is 20.0. The summed E-state index contributed by atoms with van der Waals surface area (Å²) in [5, 5.41) is 3.73. The third-order valence-electron chi connectivity index (χ3n) is 4.33. The molecule has 3 aromatic carbocycles. The molecule has 0 radical (unpaired) electrons. The van der Waals surface area contributed by atoms with Gasteiger partial charge in [-0.3, -0.25) is 4.79 Å². The van der Waals surface area contributed by atoms with Crippen molar-refractivity contribution in [2.24, 2.45) is 0 Å². The lowest BCUT2D eigenvalue weighted by Gasteiger charge is -2.12. The maximum absolute atomic E-state index is 13.6. The third-order valence-corrected chi connectivity index (χ3v) is 5.40. The average Bonchev–Trinajstić information content (AvgIpc) is 3.13. The fourth-order valence-corrected chi connectivity index (χ4v) is 3.93. The molecule has 0 unspecified atom stereocenters. The summed E-state index contributed by atoms with van der Waals surface area (Å²) in [6.45, 7) is 1.67. The van der Waals surface area contributed by atoms with E-state index >= 15 is 0 Å². The molecule has 6 heteroatoms. The Hall–Kier alpha value is -3.25. The lowest BCUT2D eigenvalue weighted by molar-refractivity contribution is -0.118. The first-order valence-electron chi connectivity index (χ1n) is 8.74. The minimum Gasteiger partial charge on any atom is -0.481 e. The van der Waals surface area contributed by atoms with E-state index in [-0.39, 0.29) is 18.3 Å². The molecule has 1 heterocycles. The molecular formula is C22H17FN2O2S. The number of fused-ring (bicyclic) bond motifs is 1. The predicted octanol–water partition coefficient (Wildman–Crippen LogP) is 5.43. The van der Waals surface area contributed by atoms with Crippen molar-refractivity contribution in [3.63, 3.8) is 0 Å². The fraction of sp³-hybridized carbons (Fsp3) is 0.0909. The molecule has 1 amide bonds. The number of amides is 1. The van der Waals surface area contributed by atoms with Crippen LogP contribution in [0.5, 0.6) is 5.75 Å². The van der Waals surface area contributed by atoms with Gasteiger partial charge in [-0.15, -0.1) is 11.3 Å². The third kappa shape index (κ3) is 3.73. The van der Waals surface area contributed by atoms with Crippen LogP contribution in [-0.2, 0) is 4.79 Å². The van der Waals surface area contributed by atoms with Crippen LogP contribution >= 0.6 is 11.3 Å². The Balaban J connectivity index is 1.52. The van der Waals surface area contributed by atoms with Gasteiger partial charge in [0.2, 0.25) is 0 Å². The molecular weight excluding hydrogens is 375 g/mol. The minimum absolute atomic E-state index is 0.0533. The van der Waals surface area contributed by atoms with E-state index in [1.807, 2.05) is 49.4 Å². The molecule has 4 aromatic rings. The molecule has 140 valence electrons. The number of thiazole rings is 1. The van der Waals surface area contributed by atoms with Gasteiger partial charge in [-0.05, 0) is 42.8 Å². The highest BCUT2D eigenvalue weighted by atomic mass is 32.1. The van der Waals surface area contributed by atoms with E-state index in [9.17, 15) is 9.18 Å². The van der Waals surface area contributed by atoms with E-state index < -0.39 is 5.82 Å². The standard InChI is InChI=1S/C22H17FN2O2S/c1-14-15(22-25-18-9-3-5-12-20(18)28-22)7-6-10-17(14)24-21(26)13-27-19-11-4-2-8-16(19)23/h2-12H,13H2,1H3,(H,24,26). The molecule has 0 aliphatic heterocycles. The van der Waals surface area contributed by atoms with Crippen LogP contribution in [0.25, 0.3) is 20.8 Å². The van der Waals surface area contributed by atoms with Crippen LogP contribution in [0.15, 0.2) is 66.7 Å². The molecule has 4 rings (SSSR count). The first kappa shape index (κ1) is 18.1. The molecule has 28 heavy (non-hydrogen) atoms. The van der Waals surface area contributed by atoms with Gasteiger partial charge in [0, 0.05) is 11.3 Å². The van der Waals surface area contributed by atoms with Gasteiger partial charge in [-0.25, -0.2) is 9.37 Å². The van der Waals surface area contributed by atoms with Crippen LogP contribution < -0.4 is 10.1 Å². The molecule has 1 N–H and O–H groups in total. The number of anilines is 1. The van der Waals surface area contributed by atoms with Gasteiger partial charge in [0.15, 0.2) is 18.2 Å². The number of nitrogens with one attached hydrogen (secondary N) is 1. The van der Waals surface area contributed by atoms with Crippen molar-refractivity contribution < 1.29 is 13.9 Å². The van der Waals surface area contributed by atoms with Gasteiger partial charge in [0.25, 0.3) is 5.91 Å². The zero-order valence-corrected chi connectivity index (χ0v) is 15.9. The van der Waals surface area contributed by atoms with Crippen molar-refractivity contribution in [1.82, 2.24) is 4.98 Å². The lowest BCUT2D eigenvalue weighted by Crippen LogP contribution is -2.21. The van der Waals surface area contributed by atoms with E-state index in [0.29, 0.717) is 5.69 Å². The Morgan fingerprint density at radius 3 is 2.68 bits per heavy atom. The molecule has 0 atom stereocenters. The molecule has 4 nitrogen and oxygen atoms in total. The number of halogens is 1. The normalized spacial score (nSPS) is 10.8. The number of para-hydroxylation sites is 2. The van der Waals surface area contributed by atoms with Gasteiger partial charge >= 0.3 is 0 Å². The summed E-state index contributed by atoms with van der Waals surface area (Å²) in [6, 6.07) is 19.7. The molecule has 0 saturated heterocycles. The highest BCUT2D eigenvalue weighted by molar-refractivity contribution is 7.21. The van der Waals surface area contributed by atoms with Crippen molar-refractivity contribution in [3.05, 3.63) is 78.1 Å². The largest absolute Gasteiger partial charge is 0.481 e. The van der Waals surface area contributed by atoms with E-state index in [0.717, 1.165) is 26.4 Å². The van der Waals surface area contributed by atoms with Crippen LogP contribution in [0.4, 0.5) is 10.1 Å². The summed E-state index contributed by atoms with van der Waals surface area (Å²) >= 11 is 1.61. The number of ether oxygens (including phenoxy) is 1. The second kappa shape index (κ2) is 7.78. The van der Waals surface area contributed by atoms with E-state index in [4.69, 9.17) is 4.74 Å². The van der Waals surface area contributed by atoms with Crippen molar-refractivity contribution in [2.75, 3.05) is 11.9 Å². The number of benzene rings is 3. The van der Waals surface area contributed by atoms with Crippen LogP contribution in [0.1, 0.15) is 5.56 Å². The number of carbonyl (C=O) groups is 1. The van der Waals surface area contributed by atoms with Gasteiger partial charge in [-0.1, -0.05) is 36.4 Å². The van der Waals surface area contributed by atoms with Gasteiger partial charge < -0.3 is 10.1 Å². The molecule has 0 saturated carbocycles. The van der Waals surface area contributed by atoms with Crippen LogP contribution in [0, 0.1) is 12.7 Å². The number of aromatic nitrogens is 1. The van der Waals surface area contributed by atoms with Gasteiger partial charge in [0.1, 0.15) is 5.01 Å². The molecule has 0 bridgehead atoms. The Morgan fingerprint density at radius 1 is 1.07 bits per heavy atom. The van der Waals surface area contributed by atoms with Gasteiger partial charge in [-0.2, -0.15) is 0 Å². The second-order valence-electron chi connectivity index (χ2n) is 6.23. The zero-order valence-electron chi connectivity index (χ0n) is 15.1. The number of nitrogens with zero attached hydrogens (tertiary/aromatic N) is 1. The molecule has 0 spiro atoms. The minimum atomic E-state index is -0.496. The highest BCUT2D eigenvalue weighted by Crippen LogP contribution is 2.34. The lowest BCUT2D eigenvalue weighted by atomic mass is 10.1. The summed E-state index contributed by atoms with van der Waals surface area (Å²) in [5.41, 5.74) is 3.52. The van der Waals surface area contributed by atoms with E-state index in [2.05, 4.69) is 10.3 Å². The molecule has 0 fully saturated rings. The summed E-state index contributed by atoms with van der Waals surface area (Å²) in [4.78, 5) is 17.0. The number of rotatable bonds is 5. The SMILES string of the molecule is Cc1c(NC(=O)COc2ccccc2F)cccc1-c1nc2ccccc2s1. The molecule has 0 aliphatic rings. The highest BCUT2D eigenvalue weighted by Gasteiger charge is 2.13.